The van der Waals surface area contributed by atoms with Crippen molar-refractivity contribution >= 4 is 31.7 Å². The Bertz CT molecular complexity index is 492. The van der Waals surface area contributed by atoms with Gasteiger partial charge in [0.2, 0.25) is 0 Å². The molecule has 1 aliphatic carbocycles. The van der Waals surface area contributed by atoms with Crippen molar-refractivity contribution in [2.75, 3.05) is 10.2 Å². The fraction of sp³-hybridized carbons (Fsp3) is 0.538. The lowest BCUT2D eigenvalue weighted by Crippen LogP contribution is -2.28. The highest BCUT2D eigenvalue weighted by Gasteiger charge is 2.20. The van der Waals surface area contributed by atoms with Crippen LogP contribution >= 0.6 is 16.1 Å². The van der Waals surface area contributed by atoms with Gasteiger partial charge in [-0.3, -0.25) is 0 Å². The summed E-state index contributed by atoms with van der Waals surface area (Å²) in [5.41, 5.74) is 1.02. The van der Waals surface area contributed by atoms with Gasteiger partial charge in [0, 0.05) is 34.1 Å². The van der Waals surface area contributed by atoms with Gasteiger partial charge in [0.25, 0.3) is 0 Å². The van der Waals surface area contributed by atoms with Crippen molar-refractivity contribution in [1.82, 2.24) is 0 Å². The molecule has 0 bridgehead atoms. The summed E-state index contributed by atoms with van der Waals surface area (Å²) in [6.07, 6.45) is 7.49. The number of hydrogen-bond acceptors (Lipinski definition) is 3. The molecule has 0 aliphatic heterocycles. The Kier molecular flexibility index (Phi) is 4.33. The SMILES string of the molecule is CS(=O)(=O)c1ccc(N(Br)C2CCCCC2)cc1. The highest BCUT2D eigenvalue weighted by molar-refractivity contribution is 9.10. The monoisotopic (exact) mass is 331 g/mol. The van der Waals surface area contributed by atoms with E-state index in [0.717, 1.165) is 5.69 Å². The van der Waals surface area contributed by atoms with Crippen molar-refractivity contribution in [2.45, 2.75) is 43.0 Å². The lowest BCUT2D eigenvalue weighted by Gasteiger charge is -2.30. The van der Waals surface area contributed by atoms with E-state index in [1.54, 1.807) is 12.1 Å². The second-order valence-corrected chi connectivity index (χ2v) is 7.65. The number of rotatable bonds is 3. The third kappa shape index (κ3) is 3.26. The maximum Gasteiger partial charge on any atom is 0.175 e. The molecule has 1 aromatic carbocycles. The summed E-state index contributed by atoms with van der Waals surface area (Å²) in [6.45, 7) is 0. The summed E-state index contributed by atoms with van der Waals surface area (Å²) >= 11 is 3.61. The average molecular weight is 332 g/mol. The molecule has 0 N–H and O–H groups in total. The van der Waals surface area contributed by atoms with Crippen LogP contribution in [0.2, 0.25) is 0 Å². The van der Waals surface area contributed by atoms with Gasteiger partial charge in [0.1, 0.15) is 0 Å². The number of hydrogen-bond donors (Lipinski definition) is 0. The summed E-state index contributed by atoms with van der Waals surface area (Å²) < 4.78 is 24.9. The van der Waals surface area contributed by atoms with Gasteiger partial charge in [-0.05, 0) is 37.1 Å². The molecule has 18 heavy (non-hydrogen) atoms. The Morgan fingerprint density at radius 2 is 1.67 bits per heavy atom. The van der Waals surface area contributed by atoms with Crippen LogP contribution in [0.5, 0.6) is 0 Å². The van der Waals surface area contributed by atoms with Gasteiger partial charge in [-0.2, -0.15) is 0 Å². The predicted octanol–water partition coefficient (Wildman–Crippen LogP) is 3.54. The van der Waals surface area contributed by atoms with Crippen molar-refractivity contribution in [2.24, 2.45) is 0 Å². The van der Waals surface area contributed by atoms with Gasteiger partial charge in [-0.15, -0.1) is 0 Å². The second kappa shape index (κ2) is 5.61. The first-order valence-electron chi connectivity index (χ1n) is 6.23. The normalized spacial score (nSPS) is 17.7. The Hall–Kier alpha value is -0.550. The topological polar surface area (TPSA) is 37.4 Å². The van der Waals surface area contributed by atoms with Crippen molar-refractivity contribution in [3.05, 3.63) is 24.3 Å². The summed E-state index contributed by atoms with van der Waals surface area (Å²) in [5, 5.41) is 0. The molecule has 0 atom stereocenters. The Morgan fingerprint density at radius 1 is 1.11 bits per heavy atom. The quantitative estimate of drug-likeness (QED) is 0.795. The molecule has 1 saturated carbocycles. The molecule has 0 aromatic heterocycles. The van der Waals surface area contributed by atoms with Crippen molar-refractivity contribution in [1.29, 1.82) is 0 Å². The van der Waals surface area contributed by atoms with E-state index < -0.39 is 9.84 Å². The smallest absolute Gasteiger partial charge is 0.175 e. The van der Waals surface area contributed by atoms with Gasteiger partial charge in [0.05, 0.1) is 4.90 Å². The van der Waals surface area contributed by atoms with Crippen LogP contribution in [-0.4, -0.2) is 20.7 Å². The summed E-state index contributed by atoms with van der Waals surface area (Å²) in [6, 6.07) is 7.58. The van der Waals surface area contributed by atoms with Crippen LogP contribution < -0.4 is 3.93 Å². The van der Waals surface area contributed by atoms with Crippen molar-refractivity contribution in [3.63, 3.8) is 0 Å². The zero-order chi connectivity index (χ0) is 13.2. The summed E-state index contributed by atoms with van der Waals surface area (Å²) in [7, 11) is -3.10. The van der Waals surface area contributed by atoms with Gasteiger partial charge in [0.15, 0.2) is 9.84 Å². The molecule has 2 rings (SSSR count). The minimum atomic E-state index is -3.10. The van der Waals surface area contributed by atoms with E-state index in [0.29, 0.717) is 10.9 Å². The molecule has 0 radical (unpaired) electrons. The largest absolute Gasteiger partial charge is 0.306 e. The summed E-state index contributed by atoms with van der Waals surface area (Å²) in [4.78, 5) is 0.371. The maximum absolute atomic E-state index is 11.4. The van der Waals surface area contributed by atoms with Crippen molar-refractivity contribution < 1.29 is 8.42 Å². The first-order valence-corrected chi connectivity index (χ1v) is 8.84. The summed E-state index contributed by atoms with van der Waals surface area (Å²) in [5.74, 6) is 0. The van der Waals surface area contributed by atoms with Gasteiger partial charge >= 0.3 is 0 Å². The van der Waals surface area contributed by atoms with E-state index >= 15 is 0 Å². The lowest BCUT2D eigenvalue weighted by molar-refractivity contribution is 0.448. The second-order valence-electron chi connectivity index (χ2n) is 4.87. The van der Waals surface area contributed by atoms with E-state index in [4.69, 9.17) is 0 Å². The standard InChI is InChI=1S/C13H18BrNO2S/c1-18(16,17)13-9-7-12(8-10-13)15(14)11-5-3-2-4-6-11/h7-11H,2-6H2,1H3. The van der Waals surface area contributed by atoms with Gasteiger partial charge in [-0.1, -0.05) is 19.3 Å². The lowest BCUT2D eigenvalue weighted by atomic mass is 9.95. The van der Waals surface area contributed by atoms with E-state index in [1.807, 2.05) is 12.1 Å². The van der Waals surface area contributed by atoms with E-state index in [-0.39, 0.29) is 0 Å². The minimum Gasteiger partial charge on any atom is -0.306 e. The van der Waals surface area contributed by atoms with Crippen LogP contribution in [0.1, 0.15) is 32.1 Å². The molecule has 5 heteroatoms. The molecule has 0 saturated heterocycles. The number of halogens is 1. The van der Waals surface area contributed by atoms with E-state index in [2.05, 4.69) is 20.1 Å². The van der Waals surface area contributed by atoms with Crippen LogP contribution in [0, 0.1) is 0 Å². The fourth-order valence-electron chi connectivity index (χ4n) is 2.35. The van der Waals surface area contributed by atoms with Crippen LogP contribution in [0.3, 0.4) is 0 Å². The fourth-order valence-corrected chi connectivity index (χ4v) is 3.63. The molecule has 0 heterocycles. The number of nitrogens with zero attached hydrogens (tertiary/aromatic N) is 1. The zero-order valence-electron chi connectivity index (χ0n) is 10.5. The molecule has 1 fully saturated rings. The molecule has 3 nitrogen and oxygen atoms in total. The molecule has 0 unspecified atom stereocenters. The van der Waals surface area contributed by atoms with E-state index in [1.165, 1.54) is 38.4 Å². The molecule has 0 spiro atoms. The third-order valence-electron chi connectivity index (χ3n) is 3.41. The average Bonchev–Trinajstić information content (AvgIpc) is 2.38. The molecule has 1 aromatic rings. The van der Waals surface area contributed by atoms with E-state index in [9.17, 15) is 8.42 Å². The first-order chi connectivity index (χ1) is 8.48. The van der Waals surface area contributed by atoms with Crippen LogP contribution in [0.25, 0.3) is 0 Å². The Balaban J connectivity index is 2.13. The molecule has 1 aliphatic rings. The predicted molar refractivity (Wildman–Crippen MR) is 77.8 cm³/mol. The molecular weight excluding hydrogens is 314 g/mol. The molecule has 100 valence electrons. The van der Waals surface area contributed by atoms with Crippen LogP contribution in [0.4, 0.5) is 5.69 Å². The Morgan fingerprint density at radius 3 is 2.17 bits per heavy atom. The maximum atomic E-state index is 11.4. The van der Waals surface area contributed by atoms with Gasteiger partial charge in [-0.25, -0.2) is 8.42 Å². The van der Waals surface area contributed by atoms with Crippen LogP contribution in [0.15, 0.2) is 29.2 Å². The highest BCUT2D eigenvalue weighted by atomic mass is 79.9. The van der Waals surface area contributed by atoms with Crippen molar-refractivity contribution in [3.8, 4) is 0 Å². The third-order valence-corrected chi connectivity index (χ3v) is 5.52. The first kappa shape index (κ1) is 13.9. The minimum absolute atomic E-state index is 0.371. The number of sulfone groups is 1. The molecular formula is C13H18BrNO2S. The van der Waals surface area contributed by atoms with Gasteiger partial charge < -0.3 is 3.93 Å². The Labute approximate surface area is 117 Å². The number of anilines is 1. The zero-order valence-corrected chi connectivity index (χ0v) is 12.9. The van der Waals surface area contributed by atoms with Crippen LogP contribution in [-0.2, 0) is 9.84 Å². The highest BCUT2D eigenvalue weighted by Crippen LogP contribution is 2.30. The molecule has 0 amide bonds. The number of benzene rings is 1.